The number of rotatable bonds is 4. The molecule has 0 spiro atoms. The van der Waals surface area contributed by atoms with Crippen LogP contribution in [0.2, 0.25) is 0 Å². The third-order valence-electron chi connectivity index (χ3n) is 4.13. The lowest BCUT2D eigenvalue weighted by molar-refractivity contribution is -0.150. The molecule has 1 amide bonds. The number of benzene rings is 1. The summed E-state index contributed by atoms with van der Waals surface area (Å²) < 4.78 is 52.1. The Balaban J connectivity index is 2.04. The average Bonchev–Trinajstić information content (AvgIpc) is 2.90. The molecule has 0 aliphatic carbocycles. The van der Waals surface area contributed by atoms with Gasteiger partial charge in [-0.15, -0.1) is 0 Å². The molecule has 1 aromatic carbocycles. The topological polar surface area (TPSA) is 57.6 Å². The minimum Gasteiger partial charge on any atom is -0.479 e. The smallest absolute Gasteiger partial charge is 0.416 e. The van der Waals surface area contributed by atoms with Crippen LogP contribution in [0, 0.1) is 5.92 Å². The minimum absolute atomic E-state index is 0.0193. The maximum absolute atomic E-state index is 14.0. The number of likely N-dealkylation sites (tertiary alicyclic amines) is 1. The van der Waals surface area contributed by atoms with Crippen LogP contribution >= 0.6 is 0 Å². The van der Waals surface area contributed by atoms with E-state index in [1.807, 2.05) is 0 Å². The third-order valence-corrected chi connectivity index (χ3v) is 4.13. The molecular weight excluding hydrogens is 330 g/mol. The molecule has 0 bridgehead atoms. The van der Waals surface area contributed by atoms with Gasteiger partial charge in [0.15, 0.2) is 0 Å². The number of carboxylic acids is 1. The molecule has 1 fully saturated rings. The van der Waals surface area contributed by atoms with Gasteiger partial charge in [-0.1, -0.05) is 25.1 Å². The Bertz CT molecular complexity index is 646. The van der Waals surface area contributed by atoms with Crippen molar-refractivity contribution in [3.8, 4) is 0 Å². The predicted molar refractivity (Wildman–Crippen MR) is 77.0 cm³/mol. The van der Waals surface area contributed by atoms with E-state index in [1.54, 1.807) is 0 Å². The summed E-state index contributed by atoms with van der Waals surface area (Å²) in [7, 11) is 0. The van der Waals surface area contributed by atoms with Crippen LogP contribution in [0.25, 0.3) is 0 Å². The first-order chi connectivity index (χ1) is 11.0. The van der Waals surface area contributed by atoms with Crippen molar-refractivity contribution in [2.24, 2.45) is 5.92 Å². The second kappa shape index (κ2) is 6.41. The zero-order chi connectivity index (χ0) is 18.1. The number of carboxylic acid groups (broad SMARTS) is 1. The molecule has 1 N–H and O–H groups in total. The van der Waals surface area contributed by atoms with E-state index >= 15 is 0 Å². The zero-order valence-corrected chi connectivity index (χ0v) is 12.9. The summed E-state index contributed by atoms with van der Waals surface area (Å²) in [6.07, 6.45) is -4.69. The van der Waals surface area contributed by atoms with E-state index < -0.39 is 41.7 Å². The van der Waals surface area contributed by atoms with Crippen LogP contribution in [0.15, 0.2) is 24.3 Å². The van der Waals surface area contributed by atoms with Crippen LogP contribution in [0.1, 0.15) is 24.5 Å². The van der Waals surface area contributed by atoms with Crippen molar-refractivity contribution in [1.82, 2.24) is 4.90 Å². The Morgan fingerprint density at radius 1 is 1.38 bits per heavy atom. The highest BCUT2D eigenvalue weighted by Crippen LogP contribution is 2.31. The summed E-state index contributed by atoms with van der Waals surface area (Å²) in [6, 6.07) is 4.67. The molecule has 1 saturated heterocycles. The molecule has 0 saturated carbocycles. The van der Waals surface area contributed by atoms with Crippen LogP contribution in [0.5, 0.6) is 0 Å². The fourth-order valence-corrected chi connectivity index (χ4v) is 2.76. The van der Waals surface area contributed by atoms with Gasteiger partial charge < -0.3 is 10.0 Å². The molecule has 1 aliphatic heterocycles. The van der Waals surface area contributed by atoms with Crippen LogP contribution < -0.4 is 0 Å². The lowest BCUT2D eigenvalue weighted by Gasteiger charge is -2.22. The second-order valence-corrected chi connectivity index (χ2v) is 6.08. The van der Waals surface area contributed by atoms with E-state index in [9.17, 15) is 27.2 Å². The predicted octanol–water partition coefficient (Wildman–Crippen LogP) is 2.91. The molecule has 2 atom stereocenters. The highest BCUT2D eigenvalue weighted by atomic mass is 19.4. The van der Waals surface area contributed by atoms with Crippen molar-refractivity contribution in [2.75, 3.05) is 13.1 Å². The average molecular weight is 347 g/mol. The monoisotopic (exact) mass is 347 g/mol. The molecule has 2 rings (SSSR count). The molecule has 4 nitrogen and oxygen atoms in total. The van der Waals surface area contributed by atoms with Gasteiger partial charge >= 0.3 is 12.1 Å². The molecule has 0 aromatic heterocycles. The van der Waals surface area contributed by atoms with E-state index in [1.165, 1.54) is 19.1 Å². The van der Waals surface area contributed by atoms with Gasteiger partial charge in [-0.05, 0) is 18.1 Å². The van der Waals surface area contributed by atoms with Crippen molar-refractivity contribution in [3.63, 3.8) is 0 Å². The lowest BCUT2D eigenvalue weighted by Crippen LogP contribution is -2.40. The van der Waals surface area contributed by atoms with Crippen LogP contribution in [-0.2, 0) is 22.2 Å². The van der Waals surface area contributed by atoms with Gasteiger partial charge in [-0.2, -0.15) is 13.2 Å². The summed E-state index contributed by atoms with van der Waals surface area (Å²) in [4.78, 5) is 24.3. The Kier molecular flexibility index (Phi) is 4.87. The highest BCUT2D eigenvalue weighted by molar-refractivity contribution is 5.83. The Labute approximate surface area is 136 Å². The molecule has 2 unspecified atom stereocenters. The van der Waals surface area contributed by atoms with E-state index in [2.05, 4.69) is 0 Å². The summed E-state index contributed by atoms with van der Waals surface area (Å²) in [5, 5.41) is 8.83. The van der Waals surface area contributed by atoms with Crippen molar-refractivity contribution in [1.29, 1.82) is 0 Å². The van der Waals surface area contributed by atoms with Crippen molar-refractivity contribution < 1.29 is 32.3 Å². The first-order valence-corrected chi connectivity index (χ1v) is 7.40. The van der Waals surface area contributed by atoms with Crippen LogP contribution in [0.3, 0.4) is 0 Å². The molecule has 24 heavy (non-hydrogen) atoms. The van der Waals surface area contributed by atoms with Crippen LogP contribution in [0.4, 0.5) is 17.6 Å². The maximum atomic E-state index is 14.0. The normalized spacial score (nSPS) is 22.5. The maximum Gasteiger partial charge on any atom is 0.416 e. The van der Waals surface area contributed by atoms with Gasteiger partial charge in [0.25, 0.3) is 0 Å². The number of alkyl halides is 4. The van der Waals surface area contributed by atoms with Gasteiger partial charge in [-0.25, -0.2) is 9.18 Å². The summed E-state index contributed by atoms with van der Waals surface area (Å²) in [6.45, 7) is 0.976. The number of aliphatic carboxylic acids is 1. The Hall–Kier alpha value is -2.12. The first kappa shape index (κ1) is 18.2. The number of halogens is 4. The molecule has 8 heteroatoms. The largest absolute Gasteiger partial charge is 0.479 e. The minimum atomic E-state index is -4.46. The van der Waals surface area contributed by atoms with Gasteiger partial charge in [0.2, 0.25) is 11.6 Å². The summed E-state index contributed by atoms with van der Waals surface area (Å²) in [5.74, 6) is -2.75. The fraction of sp³-hybridized carbons (Fsp3) is 0.500. The molecule has 1 heterocycles. The quantitative estimate of drug-likeness (QED) is 0.852. The Morgan fingerprint density at radius 3 is 2.58 bits per heavy atom. The van der Waals surface area contributed by atoms with Gasteiger partial charge in [-0.3, -0.25) is 4.79 Å². The van der Waals surface area contributed by atoms with E-state index in [4.69, 9.17) is 5.11 Å². The Morgan fingerprint density at radius 2 is 2.04 bits per heavy atom. The molecular formula is C16H17F4NO3. The number of hydrogen-bond donors (Lipinski definition) is 1. The van der Waals surface area contributed by atoms with E-state index in [0.717, 1.165) is 17.0 Å². The SMILES string of the molecule is CC(Cc1cccc(C(F)(F)F)c1)C(=O)N1CCC(F)(C(=O)O)C1. The van der Waals surface area contributed by atoms with E-state index in [-0.39, 0.29) is 19.4 Å². The van der Waals surface area contributed by atoms with Gasteiger partial charge in [0.05, 0.1) is 12.1 Å². The number of hydrogen-bond acceptors (Lipinski definition) is 2. The third kappa shape index (κ3) is 3.85. The highest BCUT2D eigenvalue weighted by Gasteiger charge is 2.47. The van der Waals surface area contributed by atoms with Crippen molar-refractivity contribution in [2.45, 2.75) is 31.6 Å². The lowest BCUT2D eigenvalue weighted by atomic mass is 9.98. The first-order valence-electron chi connectivity index (χ1n) is 7.40. The molecule has 0 radical (unpaired) electrons. The van der Waals surface area contributed by atoms with Gasteiger partial charge in [0.1, 0.15) is 0 Å². The van der Waals surface area contributed by atoms with Gasteiger partial charge in [0, 0.05) is 18.9 Å². The number of carbonyl (C=O) groups excluding carboxylic acids is 1. The number of nitrogens with zero attached hydrogens (tertiary/aromatic N) is 1. The molecule has 1 aliphatic rings. The summed E-state index contributed by atoms with van der Waals surface area (Å²) >= 11 is 0. The van der Waals surface area contributed by atoms with Crippen molar-refractivity contribution >= 4 is 11.9 Å². The number of amides is 1. The van der Waals surface area contributed by atoms with Crippen molar-refractivity contribution in [3.05, 3.63) is 35.4 Å². The number of carbonyl (C=O) groups is 2. The van der Waals surface area contributed by atoms with E-state index in [0.29, 0.717) is 5.56 Å². The second-order valence-electron chi connectivity index (χ2n) is 6.08. The summed E-state index contributed by atoms with van der Waals surface area (Å²) in [5.41, 5.74) is -2.91. The fourth-order valence-electron chi connectivity index (χ4n) is 2.76. The zero-order valence-electron chi connectivity index (χ0n) is 12.9. The standard InChI is InChI=1S/C16H17F4NO3/c1-10(7-11-3-2-4-12(8-11)16(18,19)20)13(22)21-6-5-15(17,9-21)14(23)24/h2-4,8,10H,5-7,9H2,1H3,(H,23,24). The molecule has 1 aromatic rings. The molecule has 132 valence electrons. The van der Waals surface area contributed by atoms with Crippen LogP contribution in [-0.4, -0.2) is 40.6 Å².